The van der Waals surface area contributed by atoms with Gasteiger partial charge in [0.2, 0.25) is 0 Å². The fourth-order valence-electron chi connectivity index (χ4n) is 3.61. The van der Waals surface area contributed by atoms with Gasteiger partial charge in [0.1, 0.15) is 11.4 Å². The molecule has 1 saturated heterocycles. The predicted octanol–water partition coefficient (Wildman–Crippen LogP) is 4.99. The highest BCUT2D eigenvalue weighted by Gasteiger charge is 2.45. The van der Waals surface area contributed by atoms with Crippen LogP contribution >= 0.6 is 0 Å². The van der Waals surface area contributed by atoms with Gasteiger partial charge < -0.3 is 4.74 Å². The van der Waals surface area contributed by atoms with Crippen molar-refractivity contribution >= 4 is 0 Å². The number of rotatable bonds is 4. The molecular formula is C21H27NO. The molecule has 1 fully saturated rings. The lowest BCUT2D eigenvalue weighted by Gasteiger charge is -2.36. The average molecular weight is 309 g/mol. The van der Waals surface area contributed by atoms with Gasteiger partial charge in [-0.25, -0.2) is 0 Å². The first kappa shape index (κ1) is 16.1. The zero-order valence-electron chi connectivity index (χ0n) is 14.6. The highest BCUT2D eigenvalue weighted by Crippen LogP contribution is 2.38. The van der Waals surface area contributed by atoms with Crippen LogP contribution < -0.4 is 4.74 Å². The van der Waals surface area contributed by atoms with Gasteiger partial charge in [-0.05, 0) is 44.9 Å². The Labute approximate surface area is 140 Å². The number of benzene rings is 2. The molecule has 2 aromatic carbocycles. The standard InChI is InChI=1S/C21H27NO/c1-16-10-8-9-13-20(16)23-21(4)14-15-22(18(21)3)17(2)19-11-6-5-7-12-19/h5-13,17-18H,14-15H2,1-4H3/t17-,18?,21?/m0/s1. The van der Waals surface area contributed by atoms with Crippen LogP contribution in [-0.4, -0.2) is 23.1 Å². The Kier molecular flexibility index (Phi) is 4.45. The summed E-state index contributed by atoms with van der Waals surface area (Å²) in [5.41, 5.74) is 2.43. The molecule has 3 atom stereocenters. The molecule has 2 unspecified atom stereocenters. The quantitative estimate of drug-likeness (QED) is 0.789. The number of aryl methyl sites for hydroxylation is 1. The van der Waals surface area contributed by atoms with E-state index in [-0.39, 0.29) is 5.60 Å². The summed E-state index contributed by atoms with van der Waals surface area (Å²) in [7, 11) is 0. The van der Waals surface area contributed by atoms with Crippen molar-refractivity contribution in [1.29, 1.82) is 0 Å². The maximum Gasteiger partial charge on any atom is 0.123 e. The fourth-order valence-corrected chi connectivity index (χ4v) is 3.61. The minimum absolute atomic E-state index is 0.144. The van der Waals surface area contributed by atoms with E-state index < -0.39 is 0 Å². The molecule has 0 N–H and O–H groups in total. The maximum absolute atomic E-state index is 6.48. The molecule has 1 aliphatic heterocycles. The summed E-state index contributed by atoms with van der Waals surface area (Å²) >= 11 is 0. The average Bonchev–Trinajstić information content (AvgIpc) is 2.85. The smallest absolute Gasteiger partial charge is 0.123 e. The van der Waals surface area contributed by atoms with Crippen LogP contribution in [0.1, 0.15) is 44.4 Å². The summed E-state index contributed by atoms with van der Waals surface area (Å²) in [6, 6.07) is 19.8. The van der Waals surface area contributed by atoms with Gasteiger partial charge in [-0.15, -0.1) is 0 Å². The number of likely N-dealkylation sites (tertiary alicyclic amines) is 1. The van der Waals surface area contributed by atoms with Crippen molar-refractivity contribution in [3.8, 4) is 5.75 Å². The van der Waals surface area contributed by atoms with Crippen LogP contribution in [0.15, 0.2) is 54.6 Å². The Hall–Kier alpha value is -1.80. The number of hydrogen-bond acceptors (Lipinski definition) is 2. The summed E-state index contributed by atoms with van der Waals surface area (Å²) in [6.07, 6.45) is 1.06. The van der Waals surface area contributed by atoms with Crippen LogP contribution in [0.3, 0.4) is 0 Å². The van der Waals surface area contributed by atoms with E-state index in [0.29, 0.717) is 12.1 Å². The van der Waals surface area contributed by atoms with Gasteiger partial charge in [0, 0.05) is 25.0 Å². The summed E-state index contributed by atoms with van der Waals surface area (Å²) in [5, 5.41) is 0. The molecule has 3 rings (SSSR count). The third kappa shape index (κ3) is 3.13. The molecule has 0 amide bonds. The minimum Gasteiger partial charge on any atom is -0.486 e. The van der Waals surface area contributed by atoms with E-state index in [2.05, 4.69) is 87.2 Å². The third-order valence-electron chi connectivity index (χ3n) is 5.46. The van der Waals surface area contributed by atoms with Gasteiger partial charge in [-0.1, -0.05) is 48.5 Å². The first-order chi connectivity index (χ1) is 11.0. The second kappa shape index (κ2) is 6.37. The SMILES string of the molecule is Cc1ccccc1OC1(C)CCN([C@@H](C)c2ccccc2)C1C. The summed E-state index contributed by atoms with van der Waals surface area (Å²) < 4.78 is 6.48. The first-order valence-corrected chi connectivity index (χ1v) is 8.56. The predicted molar refractivity (Wildman–Crippen MR) is 95.9 cm³/mol. The van der Waals surface area contributed by atoms with Crippen LogP contribution in [0.2, 0.25) is 0 Å². The Morgan fingerprint density at radius 3 is 2.43 bits per heavy atom. The summed E-state index contributed by atoms with van der Waals surface area (Å²) in [6.45, 7) is 10.0. The van der Waals surface area contributed by atoms with Crippen LogP contribution in [0.5, 0.6) is 5.75 Å². The monoisotopic (exact) mass is 309 g/mol. The van der Waals surface area contributed by atoms with Crippen molar-refractivity contribution < 1.29 is 4.74 Å². The molecule has 1 aliphatic rings. The van der Waals surface area contributed by atoms with E-state index in [4.69, 9.17) is 4.74 Å². The van der Waals surface area contributed by atoms with Crippen LogP contribution in [0, 0.1) is 6.92 Å². The fraction of sp³-hybridized carbons (Fsp3) is 0.429. The van der Waals surface area contributed by atoms with Crippen molar-refractivity contribution in [3.05, 3.63) is 65.7 Å². The number of hydrogen-bond donors (Lipinski definition) is 0. The topological polar surface area (TPSA) is 12.5 Å². The largest absolute Gasteiger partial charge is 0.486 e. The van der Waals surface area contributed by atoms with Crippen LogP contribution in [0.25, 0.3) is 0 Å². The summed E-state index contributed by atoms with van der Waals surface area (Å²) in [4.78, 5) is 2.56. The van der Waals surface area contributed by atoms with Gasteiger partial charge in [-0.2, -0.15) is 0 Å². The van der Waals surface area contributed by atoms with Gasteiger partial charge in [0.25, 0.3) is 0 Å². The molecule has 2 heteroatoms. The normalized spacial score (nSPS) is 26.2. The van der Waals surface area contributed by atoms with E-state index in [0.717, 1.165) is 18.7 Å². The zero-order chi connectivity index (χ0) is 16.4. The summed E-state index contributed by atoms with van der Waals surface area (Å²) in [5.74, 6) is 1.01. The van der Waals surface area contributed by atoms with Crippen molar-refractivity contribution in [1.82, 2.24) is 4.90 Å². The molecule has 1 heterocycles. The van der Waals surface area contributed by atoms with E-state index in [1.165, 1.54) is 11.1 Å². The zero-order valence-corrected chi connectivity index (χ0v) is 14.6. The third-order valence-corrected chi connectivity index (χ3v) is 5.46. The van der Waals surface area contributed by atoms with Crippen molar-refractivity contribution in [2.75, 3.05) is 6.54 Å². The lowest BCUT2D eigenvalue weighted by molar-refractivity contribution is 0.0419. The molecule has 23 heavy (non-hydrogen) atoms. The second-order valence-electron chi connectivity index (χ2n) is 6.93. The molecule has 0 radical (unpaired) electrons. The van der Waals surface area contributed by atoms with Gasteiger partial charge in [-0.3, -0.25) is 4.90 Å². The van der Waals surface area contributed by atoms with Crippen LogP contribution in [0.4, 0.5) is 0 Å². The molecule has 0 aromatic heterocycles. The van der Waals surface area contributed by atoms with Crippen molar-refractivity contribution in [2.45, 2.75) is 51.8 Å². The Bertz CT molecular complexity index is 654. The Balaban J connectivity index is 1.78. The second-order valence-corrected chi connectivity index (χ2v) is 6.93. The lowest BCUT2D eigenvalue weighted by atomic mass is 9.96. The van der Waals surface area contributed by atoms with Crippen LogP contribution in [-0.2, 0) is 0 Å². The molecule has 0 aliphatic carbocycles. The lowest BCUT2D eigenvalue weighted by Crippen LogP contribution is -2.45. The first-order valence-electron chi connectivity index (χ1n) is 8.56. The maximum atomic E-state index is 6.48. The van der Waals surface area contributed by atoms with E-state index in [1.807, 2.05) is 0 Å². The molecule has 122 valence electrons. The van der Waals surface area contributed by atoms with E-state index in [9.17, 15) is 0 Å². The highest BCUT2D eigenvalue weighted by molar-refractivity contribution is 5.33. The van der Waals surface area contributed by atoms with Gasteiger partial charge in [0.15, 0.2) is 0 Å². The highest BCUT2D eigenvalue weighted by atomic mass is 16.5. The van der Waals surface area contributed by atoms with E-state index in [1.54, 1.807) is 0 Å². The Morgan fingerprint density at radius 2 is 1.74 bits per heavy atom. The number of para-hydroxylation sites is 1. The molecular weight excluding hydrogens is 282 g/mol. The van der Waals surface area contributed by atoms with Crippen molar-refractivity contribution in [3.63, 3.8) is 0 Å². The molecule has 0 saturated carbocycles. The van der Waals surface area contributed by atoms with E-state index >= 15 is 0 Å². The van der Waals surface area contributed by atoms with Crippen molar-refractivity contribution in [2.24, 2.45) is 0 Å². The molecule has 2 aromatic rings. The molecule has 2 nitrogen and oxygen atoms in total. The molecule has 0 spiro atoms. The molecule has 0 bridgehead atoms. The number of ether oxygens (including phenoxy) is 1. The Morgan fingerprint density at radius 1 is 1.09 bits per heavy atom. The van der Waals surface area contributed by atoms with Gasteiger partial charge >= 0.3 is 0 Å². The minimum atomic E-state index is -0.144. The van der Waals surface area contributed by atoms with Gasteiger partial charge in [0.05, 0.1) is 0 Å². The number of nitrogens with zero attached hydrogens (tertiary/aromatic N) is 1.